The van der Waals surface area contributed by atoms with Crippen LogP contribution in [-0.4, -0.2) is 21.6 Å². The Morgan fingerprint density at radius 3 is 2.79 bits per heavy atom. The quantitative estimate of drug-likeness (QED) is 0.585. The van der Waals surface area contributed by atoms with Crippen LogP contribution in [0.25, 0.3) is 0 Å². The summed E-state index contributed by atoms with van der Waals surface area (Å²) in [5, 5.41) is 19.2. The van der Waals surface area contributed by atoms with Crippen molar-refractivity contribution in [2.45, 2.75) is 6.92 Å². The topological polar surface area (TPSA) is 103 Å². The zero-order valence-corrected chi connectivity index (χ0v) is 7.91. The van der Waals surface area contributed by atoms with Crippen molar-refractivity contribution in [3.05, 3.63) is 19.7 Å². The number of hydrogen-bond acceptors (Lipinski definition) is 7. The van der Waals surface area contributed by atoms with E-state index in [9.17, 15) is 14.9 Å². The molecule has 7 nitrogen and oxygen atoms in total. The number of aromatic hydroxyl groups is 1. The summed E-state index contributed by atoms with van der Waals surface area (Å²) in [7, 11) is 0. The summed E-state index contributed by atoms with van der Waals surface area (Å²) in [5.41, 5.74) is -0.918. The van der Waals surface area contributed by atoms with E-state index < -0.39 is 21.2 Å². The number of aromatic nitrogens is 1. The van der Waals surface area contributed by atoms with Crippen molar-refractivity contribution in [3.8, 4) is 11.1 Å². The van der Waals surface area contributed by atoms with E-state index in [0.29, 0.717) is 11.3 Å². The largest absolute Gasteiger partial charge is 0.488 e. The molecule has 0 saturated heterocycles. The summed E-state index contributed by atoms with van der Waals surface area (Å²) in [6.07, 6.45) is 0. The first-order valence-corrected chi connectivity index (χ1v) is 4.39. The van der Waals surface area contributed by atoms with Gasteiger partial charge in [-0.2, -0.15) is 4.98 Å². The third-order valence-electron chi connectivity index (χ3n) is 1.23. The van der Waals surface area contributed by atoms with E-state index in [4.69, 9.17) is 9.84 Å². The highest BCUT2D eigenvalue weighted by Gasteiger charge is 2.22. The van der Waals surface area contributed by atoms with Crippen molar-refractivity contribution >= 4 is 17.0 Å². The molecule has 0 unspecified atom stereocenters. The lowest BCUT2D eigenvalue weighted by Gasteiger charge is -1.99. The standard InChI is InChI=1S/C6H6N2O5S/c1-2-13-6-7-4(9)3(8(11)12)5(10)14-6/h9H,2H2,1H3. The second-order valence-electron chi connectivity index (χ2n) is 2.13. The molecular weight excluding hydrogens is 212 g/mol. The third-order valence-corrected chi connectivity index (χ3v) is 2.00. The van der Waals surface area contributed by atoms with Gasteiger partial charge >= 0.3 is 16.3 Å². The van der Waals surface area contributed by atoms with Crippen molar-refractivity contribution in [1.29, 1.82) is 0 Å². The molecule has 0 fully saturated rings. The molecule has 1 rings (SSSR count). The molecule has 0 aliphatic rings. The molecule has 8 heteroatoms. The molecule has 1 aromatic heterocycles. The molecule has 1 heterocycles. The monoisotopic (exact) mass is 218 g/mol. The lowest BCUT2D eigenvalue weighted by molar-refractivity contribution is -0.387. The second kappa shape index (κ2) is 4.01. The minimum atomic E-state index is -0.975. The number of nitro groups is 1. The summed E-state index contributed by atoms with van der Waals surface area (Å²) in [4.78, 5) is 23.7. The van der Waals surface area contributed by atoms with Crippen LogP contribution in [0.5, 0.6) is 11.1 Å². The van der Waals surface area contributed by atoms with Gasteiger partial charge in [-0.05, 0) is 18.3 Å². The molecule has 1 aromatic rings. The van der Waals surface area contributed by atoms with Crippen LogP contribution < -0.4 is 9.48 Å². The van der Waals surface area contributed by atoms with Crippen LogP contribution >= 0.6 is 11.3 Å². The van der Waals surface area contributed by atoms with Gasteiger partial charge in [0, 0.05) is 0 Å². The average Bonchev–Trinajstić information content (AvgIpc) is 2.01. The van der Waals surface area contributed by atoms with Crippen LogP contribution in [-0.2, 0) is 0 Å². The van der Waals surface area contributed by atoms with Crippen LogP contribution in [0.2, 0.25) is 0 Å². The average molecular weight is 218 g/mol. The van der Waals surface area contributed by atoms with E-state index in [1.165, 1.54) is 0 Å². The van der Waals surface area contributed by atoms with Gasteiger partial charge in [-0.1, -0.05) is 0 Å². The first-order valence-electron chi connectivity index (χ1n) is 3.57. The highest BCUT2D eigenvalue weighted by molar-refractivity contribution is 7.11. The molecule has 0 spiro atoms. The summed E-state index contributed by atoms with van der Waals surface area (Å²) in [6.45, 7) is 1.93. The molecule has 14 heavy (non-hydrogen) atoms. The van der Waals surface area contributed by atoms with E-state index in [0.717, 1.165) is 0 Å². The second-order valence-corrected chi connectivity index (χ2v) is 3.05. The number of hydrogen-bond donors (Lipinski definition) is 1. The Labute approximate surface area is 81.8 Å². The highest BCUT2D eigenvalue weighted by atomic mass is 32.1. The molecular formula is C6H6N2O5S. The predicted octanol–water partition coefficient (Wildman–Crippen LogP) is 0.516. The fourth-order valence-corrected chi connectivity index (χ4v) is 1.45. The molecule has 0 saturated carbocycles. The third kappa shape index (κ3) is 1.96. The van der Waals surface area contributed by atoms with E-state index in [1.54, 1.807) is 6.92 Å². The Morgan fingerprint density at radius 2 is 2.36 bits per heavy atom. The van der Waals surface area contributed by atoms with Gasteiger partial charge in [0.15, 0.2) is 0 Å². The molecule has 0 bridgehead atoms. The molecule has 0 atom stereocenters. The van der Waals surface area contributed by atoms with Gasteiger partial charge in [-0.25, -0.2) is 0 Å². The van der Waals surface area contributed by atoms with Gasteiger partial charge in [0.1, 0.15) is 0 Å². The summed E-state index contributed by atoms with van der Waals surface area (Å²) in [5.74, 6) is -0.915. The molecule has 0 radical (unpaired) electrons. The number of rotatable bonds is 3. The van der Waals surface area contributed by atoms with E-state index >= 15 is 0 Å². The van der Waals surface area contributed by atoms with Crippen LogP contribution in [0.3, 0.4) is 0 Å². The Bertz CT molecular complexity index is 415. The van der Waals surface area contributed by atoms with Crippen LogP contribution in [0, 0.1) is 10.1 Å². The molecule has 0 aromatic carbocycles. The van der Waals surface area contributed by atoms with Gasteiger partial charge < -0.3 is 9.84 Å². The minimum Gasteiger partial charge on any atom is -0.488 e. The lowest BCUT2D eigenvalue weighted by atomic mass is 10.6. The van der Waals surface area contributed by atoms with Gasteiger partial charge in [0.05, 0.1) is 11.5 Å². The predicted molar refractivity (Wildman–Crippen MR) is 47.9 cm³/mol. The Balaban J connectivity index is 3.25. The van der Waals surface area contributed by atoms with Crippen LogP contribution in [0.1, 0.15) is 6.92 Å². The molecule has 76 valence electrons. The zero-order valence-electron chi connectivity index (χ0n) is 7.09. The first-order chi connectivity index (χ1) is 6.56. The maximum absolute atomic E-state index is 11.1. The molecule has 1 N–H and O–H groups in total. The Kier molecular flexibility index (Phi) is 2.97. The fraction of sp³-hybridized carbons (Fsp3) is 0.333. The van der Waals surface area contributed by atoms with Gasteiger partial charge in [-0.15, -0.1) is 0 Å². The van der Waals surface area contributed by atoms with Crippen molar-refractivity contribution in [1.82, 2.24) is 4.98 Å². The van der Waals surface area contributed by atoms with Gasteiger partial charge in [-0.3, -0.25) is 14.9 Å². The van der Waals surface area contributed by atoms with Gasteiger partial charge in [0.2, 0.25) is 0 Å². The normalized spacial score (nSPS) is 9.79. The Hall–Kier alpha value is -1.70. The zero-order chi connectivity index (χ0) is 10.7. The van der Waals surface area contributed by atoms with E-state index in [2.05, 4.69) is 4.98 Å². The van der Waals surface area contributed by atoms with E-state index in [1.807, 2.05) is 0 Å². The molecule has 0 aliphatic carbocycles. The summed E-state index contributed by atoms with van der Waals surface area (Å²) < 4.78 is 3.94. The highest BCUT2D eigenvalue weighted by Crippen LogP contribution is 2.24. The first kappa shape index (κ1) is 10.4. The van der Waals surface area contributed by atoms with Crippen molar-refractivity contribution in [2.75, 3.05) is 6.61 Å². The van der Waals surface area contributed by atoms with Crippen molar-refractivity contribution < 1.29 is 14.8 Å². The van der Waals surface area contributed by atoms with Crippen molar-refractivity contribution in [3.63, 3.8) is 0 Å². The number of nitrogens with zero attached hydrogens (tertiary/aromatic N) is 2. The SMILES string of the molecule is CCOc1nc(O)c([N+](=O)[O-])c(=O)s1. The maximum atomic E-state index is 11.1. The summed E-state index contributed by atoms with van der Waals surface area (Å²) >= 11 is 0.480. The molecule has 0 amide bonds. The minimum absolute atomic E-state index is 0.0828. The Morgan fingerprint density at radius 1 is 1.71 bits per heavy atom. The van der Waals surface area contributed by atoms with Crippen molar-refractivity contribution in [2.24, 2.45) is 0 Å². The number of ether oxygens (including phenoxy) is 1. The lowest BCUT2D eigenvalue weighted by Crippen LogP contribution is -2.06. The smallest absolute Gasteiger partial charge is 0.388 e. The fourth-order valence-electron chi connectivity index (χ4n) is 0.723. The van der Waals surface area contributed by atoms with Crippen LogP contribution in [0.4, 0.5) is 5.69 Å². The maximum Gasteiger partial charge on any atom is 0.388 e. The molecule has 0 aliphatic heterocycles. The van der Waals surface area contributed by atoms with Gasteiger partial charge in [0.25, 0.3) is 5.19 Å². The van der Waals surface area contributed by atoms with Crippen LogP contribution in [0.15, 0.2) is 4.79 Å². The van der Waals surface area contributed by atoms with E-state index in [-0.39, 0.29) is 11.8 Å². The summed E-state index contributed by atoms with van der Waals surface area (Å²) in [6, 6.07) is 0.